The molecule has 0 unspecified atom stereocenters. The first kappa shape index (κ1) is 13.1. The van der Waals surface area contributed by atoms with Crippen molar-refractivity contribution in [3.63, 3.8) is 0 Å². The Bertz CT molecular complexity index is 825. The van der Waals surface area contributed by atoms with Crippen LogP contribution < -0.4 is 10.4 Å². The van der Waals surface area contributed by atoms with Crippen molar-refractivity contribution >= 4 is 33.9 Å². The summed E-state index contributed by atoms with van der Waals surface area (Å²) in [7, 11) is 0. The number of nitrogens with zero attached hydrogens (tertiary/aromatic N) is 1. The highest BCUT2D eigenvalue weighted by molar-refractivity contribution is 7.11. The van der Waals surface area contributed by atoms with Gasteiger partial charge in [0.25, 0.3) is 5.19 Å². The van der Waals surface area contributed by atoms with Gasteiger partial charge in [-0.05, 0) is 31.2 Å². The normalized spacial score (nSPS) is 10.9. The fourth-order valence-corrected chi connectivity index (χ4v) is 2.75. The SMILES string of the molecule is CCOc1nc(-c2cc3cc(Cl)ccc3oc2=O)cs1. The van der Waals surface area contributed by atoms with Crippen molar-refractivity contribution in [3.05, 3.63) is 45.1 Å². The number of thiazole rings is 1. The zero-order valence-corrected chi connectivity index (χ0v) is 12.1. The Morgan fingerprint density at radius 1 is 1.40 bits per heavy atom. The van der Waals surface area contributed by atoms with Gasteiger partial charge in [-0.25, -0.2) is 9.78 Å². The minimum atomic E-state index is -0.423. The Kier molecular flexibility index (Phi) is 3.46. The van der Waals surface area contributed by atoms with E-state index in [1.165, 1.54) is 11.3 Å². The molecule has 2 heterocycles. The van der Waals surface area contributed by atoms with Gasteiger partial charge in [-0.15, -0.1) is 0 Å². The molecule has 6 heteroatoms. The third kappa shape index (κ3) is 2.42. The van der Waals surface area contributed by atoms with Gasteiger partial charge >= 0.3 is 5.63 Å². The summed E-state index contributed by atoms with van der Waals surface area (Å²) in [5.74, 6) is 0. The van der Waals surface area contributed by atoms with Gasteiger partial charge in [-0.1, -0.05) is 22.9 Å². The maximum absolute atomic E-state index is 12.0. The number of rotatable bonds is 3. The maximum atomic E-state index is 12.0. The summed E-state index contributed by atoms with van der Waals surface area (Å²) >= 11 is 7.30. The second kappa shape index (κ2) is 5.26. The van der Waals surface area contributed by atoms with Crippen molar-refractivity contribution in [2.75, 3.05) is 6.61 Å². The predicted octanol–water partition coefficient (Wildman–Crippen LogP) is 3.97. The van der Waals surface area contributed by atoms with Gasteiger partial charge in [0.15, 0.2) is 0 Å². The van der Waals surface area contributed by atoms with Crippen molar-refractivity contribution in [1.29, 1.82) is 0 Å². The molecule has 1 aromatic carbocycles. The maximum Gasteiger partial charge on any atom is 0.345 e. The second-order valence-electron chi connectivity index (χ2n) is 4.06. The van der Waals surface area contributed by atoms with Gasteiger partial charge in [0.2, 0.25) is 0 Å². The van der Waals surface area contributed by atoms with E-state index in [1.807, 2.05) is 6.92 Å². The van der Waals surface area contributed by atoms with E-state index >= 15 is 0 Å². The highest BCUT2D eigenvalue weighted by Crippen LogP contribution is 2.27. The summed E-state index contributed by atoms with van der Waals surface area (Å²) in [6.07, 6.45) is 0. The van der Waals surface area contributed by atoms with Crippen LogP contribution in [-0.4, -0.2) is 11.6 Å². The van der Waals surface area contributed by atoms with Gasteiger partial charge in [-0.2, -0.15) is 0 Å². The zero-order chi connectivity index (χ0) is 14.1. The van der Waals surface area contributed by atoms with Crippen LogP contribution in [0.5, 0.6) is 5.19 Å². The largest absolute Gasteiger partial charge is 0.470 e. The van der Waals surface area contributed by atoms with Crippen LogP contribution in [0.3, 0.4) is 0 Å². The Morgan fingerprint density at radius 2 is 2.25 bits per heavy atom. The molecule has 0 fully saturated rings. The lowest BCUT2D eigenvalue weighted by atomic mass is 10.1. The first-order valence-electron chi connectivity index (χ1n) is 5.99. The summed E-state index contributed by atoms with van der Waals surface area (Å²) in [5.41, 5.74) is 1.03. The van der Waals surface area contributed by atoms with Crippen LogP contribution >= 0.6 is 22.9 Å². The summed E-state index contributed by atoms with van der Waals surface area (Å²) in [4.78, 5) is 16.3. The fraction of sp³-hybridized carbons (Fsp3) is 0.143. The van der Waals surface area contributed by atoms with Crippen LogP contribution in [-0.2, 0) is 0 Å². The average Bonchev–Trinajstić information content (AvgIpc) is 2.87. The molecule has 0 N–H and O–H groups in total. The molecule has 20 heavy (non-hydrogen) atoms. The minimum absolute atomic E-state index is 0.405. The molecule has 0 aliphatic rings. The number of benzene rings is 1. The lowest BCUT2D eigenvalue weighted by molar-refractivity contribution is 0.338. The van der Waals surface area contributed by atoms with E-state index < -0.39 is 5.63 Å². The van der Waals surface area contributed by atoms with E-state index in [0.717, 1.165) is 5.39 Å². The smallest absolute Gasteiger partial charge is 0.345 e. The topological polar surface area (TPSA) is 52.3 Å². The highest BCUT2D eigenvalue weighted by atomic mass is 35.5. The number of aromatic nitrogens is 1. The van der Waals surface area contributed by atoms with E-state index in [0.29, 0.717) is 33.7 Å². The van der Waals surface area contributed by atoms with Crippen LogP contribution in [0.15, 0.2) is 38.9 Å². The molecule has 102 valence electrons. The number of fused-ring (bicyclic) bond motifs is 1. The van der Waals surface area contributed by atoms with Crippen molar-refractivity contribution in [1.82, 2.24) is 4.98 Å². The molecule has 3 rings (SSSR count). The molecule has 3 aromatic rings. The standard InChI is InChI=1S/C14H10ClNO3S/c1-2-18-14-16-11(7-20-14)10-6-8-5-9(15)3-4-12(8)19-13(10)17/h3-7H,2H2,1H3. The highest BCUT2D eigenvalue weighted by Gasteiger charge is 2.12. The average molecular weight is 308 g/mol. The lowest BCUT2D eigenvalue weighted by Gasteiger charge is -2.00. The molecular formula is C14H10ClNO3S. The molecule has 0 saturated heterocycles. The van der Waals surface area contributed by atoms with Crippen LogP contribution in [0.1, 0.15) is 6.92 Å². The third-order valence-corrected chi connectivity index (χ3v) is 3.71. The van der Waals surface area contributed by atoms with E-state index in [9.17, 15) is 4.79 Å². The van der Waals surface area contributed by atoms with Gasteiger partial charge < -0.3 is 9.15 Å². The molecule has 0 amide bonds. The number of hydrogen-bond donors (Lipinski definition) is 0. The Morgan fingerprint density at radius 3 is 3.05 bits per heavy atom. The van der Waals surface area contributed by atoms with Crippen LogP contribution in [0.25, 0.3) is 22.2 Å². The summed E-state index contributed by atoms with van der Waals surface area (Å²) in [6.45, 7) is 2.42. The molecule has 0 aliphatic carbocycles. The molecule has 2 aromatic heterocycles. The van der Waals surface area contributed by atoms with Crippen molar-refractivity contribution in [3.8, 4) is 16.5 Å². The third-order valence-electron chi connectivity index (χ3n) is 2.72. The first-order valence-corrected chi connectivity index (χ1v) is 7.25. The van der Waals surface area contributed by atoms with E-state index in [-0.39, 0.29) is 0 Å². The second-order valence-corrected chi connectivity index (χ2v) is 5.32. The first-order chi connectivity index (χ1) is 9.67. The quantitative estimate of drug-likeness (QED) is 0.687. The molecule has 0 saturated carbocycles. The van der Waals surface area contributed by atoms with Gasteiger partial charge in [-0.3, -0.25) is 0 Å². The molecule has 0 spiro atoms. The molecular weight excluding hydrogens is 298 g/mol. The number of halogens is 1. The lowest BCUT2D eigenvalue weighted by Crippen LogP contribution is -2.03. The molecule has 0 atom stereocenters. The fourth-order valence-electron chi connectivity index (χ4n) is 1.84. The Balaban J connectivity index is 2.14. The van der Waals surface area contributed by atoms with Gasteiger partial charge in [0.05, 0.1) is 17.9 Å². The van der Waals surface area contributed by atoms with E-state index in [4.69, 9.17) is 20.8 Å². The molecule has 0 aliphatic heterocycles. The van der Waals surface area contributed by atoms with Crippen LogP contribution in [0.2, 0.25) is 5.02 Å². The van der Waals surface area contributed by atoms with E-state index in [1.54, 1.807) is 29.6 Å². The molecule has 4 nitrogen and oxygen atoms in total. The molecule has 0 bridgehead atoms. The molecule has 0 radical (unpaired) electrons. The Hall–Kier alpha value is -1.85. The summed E-state index contributed by atoms with van der Waals surface area (Å²) in [5, 5.41) is 3.66. The van der Waals surface area contributed by atoms with Gasteiger partial charge in [0, 0.05) is 15.8 Å². The monoisotopic (exact) mass is 307 g/mol. The van der Waals surface area contributed by atoms with Crippen molar-refractivity contribution in [2.45, 2.75) is 6.92 Å². The van der Waals surface area contributed by atoms with Crippen molar-refractivity contribution < 1.29 is 9.15 Å². The number of ether oxygens (including phenoxy) is 1. The van der Waals surface area contributed by atoms with Crippen LogP contribution in [0, 0.1) is 0 Å². The Labute approximate surface area is 123 Å². The van der Waals surface area contributed by atoms with E-state index in [2.05, 4.69) is 4.98 Å². The predicted molar refractivity (Wildman–Crippen MR) is 79.8 cm³/mol. The van der Waals surface area contributed by atoms with Crippen molar-refractivity contribution in [2.24, 2.45) is 0 Å². The zero-order valence-electron chi connectivity index (χ0n) is 10.6. The summed E-state index contributed by atoms with van der Waals surface area (Å²) in [6, 6.07) is 6.84. The number of hydrogen-bond acceptors (Lipinski definition) is 5. The summed E-state index contributed by atoms with van der Waals surface area (Å²) < 4.78 is 10.6. The van der Waals surface area contributed by atoms with Crippen LogP contribution in [0.4, 0.5) is 0 Å². The minimum Gasteiger partial charge on any atom is -0.470 e. The van der Waals surface area contributed by atoms with Gasteiger partial charge in [0.1, 0.15) is 5.58 Å².